The van der Waals surface area contributed by atoms with Gasteiger partial charge in [-0.1, -0.05) is 12.1 Å². The molecular formula is C23H19F3N2O4. The molecule has 9 heteroatoms. The fourth-order valence-corrected chi connectivity index (χ4v) is 2.73. The van der Waals surface area contributed by atoms with Crippen molar-refractivity contribution < 1.29 is 32.2 Å². The van der Waals surface area contributed by atoms with Crippen LogP contribution in [0.5, 0.6) is 11.5 Å². The average Bonchev–Trinajstić information content (AvgIpc) is 2.78. The van der Waals surface area contributed by atoms with Crippen LogP contribution >= 0.6 is 0 Å². The molecule has 0 fully saturated rings. The topological polar surface area (TPSA) is 76.7 Å². The highest BCUT2D eigenvalue weighted by atomic mass is 19.4. The van der Waals surface area contributed by atoms with Gasteiger partial charge in [0.05, 0.1) is 12.7 Å². The first-order valence-corrected chi connectivity index (χ1v) is 9.40. The molecule has 0 saturated heterocycles. The first kappa shape index (κ1) is 22.7. The summed E-state index contributed by atoms with van der Waals surface area (Å²) in [5, 5.41) is 5.09. The summed E-state index contributed by atoms with van der Waals surface area (Å²) >= 11 is 0. The third-order valence-electron chi connectivity index (χ3n) is 4.29. The summed E-state index contributed by atoms with van der Waals surface area (Å²) in [5.74, 6) is -0.0339. The van der Waals surface area contributed by atoms with E-state index >= 15 is 0 Å². The van der Waals surface area contributed by atoms with Crippen molar-refractivity contribution in [1.29, 1.82) is 0 Å². The van der Waals surface area contributed by atoms with E-state index in [9.17, 15) is 22.8 Å². The van der Waals surface area contributed by atoms with Crippen LogP contribution in [0.4, 0.5) is 24.5 Å². The number of anilines is 2. The number of alkyl halides is 3. The van der Waals surface area contributed by atoms with Gasteiger partial charge < -0.3 is 20.1 Å². The Morgan fingerprint density at radius 1 is 0.844 bits per heavy atom. The molecule has 0 saturated carbocycles. The smallest absolute Gasteiger partial charge is 0.416 e. The minimum Gasteiger partial charge on any atom is -0.497 e. The minimum absolute atomic E-state index is 0.0120. The molecule has 2 N–H and O–H groups in total. The lowest BCUT2D eigenvalue weighted by Gasteiger charge is -2.11. The molecule has 166 valence electrons. The van der Waals surface area contributed by atoms with Crippen molar-refractivity contribution in [3.63, 3.8) is 0 Å². The quantitative estimate of drug-likeness (QED) is 0.539. The van der Waals surface area contributed by atoms with Crippen molar-refractivity contribution in [2.75, 3.05) is 24.4 Å². The zero-order chi connectivity index (χ0) is 23.1. The van der Waals surface area contributed by atoms with Gasteiger partial charge in [-0.2, -0.15) is 13.2 Å². The standard InChI is InChI=1S/C23H19F3N2O4/c1-31-20-7-3-6-18(13-20)28-22(30)15-8-10-19(11-9-15)32-14-21(29)27-17-5-2-4-16(12-17)23(24,25)26/h2-13H,14H2,1H3,(H,27,29)(H,28,30). The minimum atomic E-state index is -4.50. The number of hydrogen-bond acceptors (Lipinski definition) is 4. The zero-order valence-electron chi connectivity index (χ0n) is 16.9. The summed E-state index contributed by atoms with van der Waals surface area (Å²) in [6.07, 6.45) is -4.50. The van der Waals surface area contributed by atoms with E-state index in [0.29, 0.717) is 22.7 Å². The van der Waals surface area contributed by atoms with Gasteiger partial charge >= 0.3 is 6.18 Å². The summed E-state index contributed by atoms with van der Waals surface area (Å²) in [5.41, 5.74) is 0.0894. The van der Waals surface area contributed by atoms with Crippen LogP contribution < -0.4 is 20.1 Å². The van der Waals surface area contributed by atoms with Crippen molar-refractivity contribution in [3.05, 3.63) is 83.9 Å². The third-order valence-corrected chi connectivity index (χ3v) is 4.29. The molecule has 0 aromatic heterocycles. The maximum Gasteiger partial charge on any atom is 0.416 e. The Morgan fingerprint density at radius 2 is 1.50 bits per heavy atom. The Kier molecular flexibility index (Phi) is 6.99. The van der Waals surface area contributed by atoms with Gasteiger partial charge in [-0.25, -0.2) is 0 Å². The fraction of sp³-hybridized carbons (Fsp3) is 0.130. The number of carbonyl (C=O) groups excluding carboxylic acids is 2. The van der Waals surface area contributed by atoms with Gasteiger partial charge in [-0.15, -0.1) is 0 Å². The van der Waals surface area contributed by atoms with Crippen molar-refractivity contribution in [3.8, 4) is 11.5 Å². The zero-order valence-corrected chi connectivity index (χ0v) is 16.9. The van der Waals surface area contributed by atoms with Crippen LogP contribution in [-0.2, 0) is 11.0 Å². The first-order valence-electron chi connectivity index (χ1n) is 9.40. The third kappa shape index (κ3) is 6.24. The molecule has 0 aliphatic heterocycles. The van der Waals surface area contributed by atoms with Gasteiger partial charge in [0, 0.05) is 23.0 Å². The normalized spacial score (nSPS) is 10.9. The van der Waals surface area contributed by atoms with Gasteiger partial charge in [-0.05, 0) is 54.6 Å². The number of nitrogens with one attached hydrogen (secondary N) is 2. The second kappa shape index (κ2) is 9.86. The maximum absolute atomic E-state index is 12.7. The lowest BCUT2D eigenvalue weighted by atomic mass is 10.2. The summed E-state index contributed by atoms with van der Waals surface area (Å²) in [6.45, 7) is -0.411. The van der Waals surface area contributed by atoms with Crippen molar-refractivity contribution >= 4 is 23.2 Å². The number of methoxy groups -OCH3 is 1. The molecule has 0 atom stereocenters. The molecule has 0 aliphatic rings. The molecule has 3 aromatic carbocycles. The number of carbonyl (C=O) groups is 2. The van der Waals surface area contributed by atoms with E-state index in [1.807, 2.05) is 0 Å². The van der Waals surface area contributed by atoms with Crippen LogP contribution in [0.2, 0.25) is 0 Å². The van der Waals surface area contributed by atoms with Crippen molar-refractivity contribution in [2.45, 2.75) is 6.18 Å². The van der Waals surface area contributed by atoms with E-state index in [-0.39, 0.29) is 11.6 Å². The Hall–Kier alpha value is -4.01. The van der Waals surface area contributed by atoms with Gasteiger partial charge in [0.1, 0.15) is 11.5 Å². The van der Waals surface area contributed by atoms with E-state index in [4.69, 9.17) is 9.47 Å². The predicted molar refractivity (Wildman–Crippen MR) is 113 cm³/mol. The SMILES string of the molecule is COc1cccc(NC(=O)c2ccc(OCC(=O)Nc3cccc(C(F)(F)F)c3)cc2)c1. The average molecular weight is 444 g/mol. The van der Waals surface area contributed by atoms with Gasteiger partial charge in [0.15, 0.2) is 6.61 Å². The molecule has 0 unspecified atom stereocenters. The van der Waals surface area contributed by atoms with E-state index in [1.165, 1.54) is 43.5 Å². The Balaban J connectivity index is 1.53. The Labute approximate surface area is 182 Å². The number of benzene rings is 3. The number of ether oxygens (including phenoxy) is 2. The van der Waals surface area contributed by atoms with Crippen molar-refractivity contribution in [1.82, 2.24) is 0 Å². The molecule has 0 radical (unpaired) electrons. The molecule has 2 amide bonds. The van der Waals surface area contributed by atoms with E-state index < -0.39 is 24.3 Å². The number of rotatable bonds is 7. The highest BCUT2D eigenvalue weighted by Gasteiger charge is 2.30. The van der Waals surface area contributed by atoms with Gasteiger partial charge in [-0.3, -0.25) is 9.59 Å². The largest absolute Gasteiger partial charge is 0.497 e. The van der Waals surface area contributed by atoms with E-state index in [0.717, 1.165) is 12.1 Å². The number of hydrogen-bond donors (Lipinski definition) is 2. The molecule has 0 spiro atoms. The van der Waals surface area contributed by atoms with Gasteiger partial charge in [0.25, 0.3) is 11.8 Å². The Bertz CT molecular complexity index is 1100. The van der Waals surface area contributed by atoms with Crippen LogP contribution in [-0.4, -0.2) is 25.5 Å². The van der Waals surface area contributed by atoms with Crippen LogP contribution in [0.1, 0.15) is 15.9 Å². The molecule has 32 heavy (non-hydrogen) atoms. The molecule has 0 bridgehead atoms. The second-order valence-electron chi connectivity index (χ2n) is 6.63. The van der Waals surface area contributed by atoms with Crippen LogP contribution in [0.3, 0.4) is 0 Å². The summed E-state index contributed by atoms with van der Waals surface area (Å²) < 4.78 is 48.7. The van der Waals surface area contributed by atoms with E-state index in [2.05, 4.69) is 10.6 Å². The monoisotopic (exact) mass is 444 g/mol. The molecule has 0 aliphatic carbocycles. The van der Waals surface area contributed by atoms with Gasteiger partial charge in [0.2, 0.25) is 0 Å². The Morgan fingerprint density at radius 3 is 2.16 bits per heavy atom. The summed E-state index contributed by atoms with van der Waals surface area (Å²) in [7, 11) is 1.53. The maximum atomic E-state index is 12.7. The highest BCUT2D eigenvalue weighted by molar-refractivity contribution is 6.04. The van der Waals surface area contributed by atoms with Crippen molar-refractivity contribution in [2.24, 2.45) is 0 Å². The molecule has 0 heterocycles. The van der Waals surface area contributed by atoms with Crippen LogP contribution in [0.15, 0.2) is 72.8 Å². The first-order chi connectivity index (χ1) is 15.2. The summed E-state index contributed by atoms with van der Waals surface area (Å²) in [4.78, 5) is 24.3. The molecule has 3 aromatic rings. The van der Waals surface area contributed by atoms with Crippen LogP contribution in [0.25, 0.3) is 0 Å². The number of halogens is 3. The predicted octanol–water partition coefficient (Wildman–Crippen LogP) is 4.98. The number of amides is 2. The highest BCUT2D eigenvalue weighted by Crippen LogP contribution is 2.30. The second-order valence-corrected chi connectivity index (χ2v) is 6.63. The van der Waals surface area contributed by atoms with Crippen LogP contribution in [0, 0.1) is 0 Å². The fourth-order valence-electron chi connectivity index (χ4n) is 2.73. The summed E-state index contributed by atoms with van der Waals surface area (Å²) in [6, 6.07) is 17.3. The lowest BCUT2D eigenvalue weighted by molar-refractivity contribution is -0.137. The lowest BCUT2D eigenvalue weighted by Crippen LogP contribution is -2.20. The van der Waals surface area contributed by atoms with E-state index in [1.54, 1.807) is 24.3 Å². The molecule has 6 nitrogen and oxygen atoms in total. The molecular weight excluding hydrogens is 425 g/mol. The molecule has 3 rings (SSSR count).